The fourth-order valence-corrected chi connectivity index (χ4v) is 2.25. The molecular formula is C8H14O5S. The zero-order chi connectivity index (χ0) is 11.1. The van der Waals surface area contributed by atoms with E-state index in [9.17, 15) is 13.2 Å². The van der Waals surface area contributed by atoms with Gasteiger partial charge in [0.05, 0.1) is 25.4 Å². The summed E-state index contributed by atoms with van der Waals surface area (Å²) in [4.78, 5) is 11.2. The molecule has 1 saturated carbocycles. The van der Waals surface area contributed by atoms with Gasteiger partial charge < -0.3 is 4.74 Å². The molecule has 0 radical (unpaired) electrons. The standard InChI is InChI=1S/C8H14O5S/c1-8(2)5(7(9)12-3)6(8)13-14(4,10)11/h5-6H,1-4H3. The second-order valence-corrected chi connectivity index (χ2v) is 5.64. The van der Waals surface area contributed by atoms with Gasteiger partial charge in [-0.15, -0.1) is 0 Å². The Morgan fingerprint density at radius 1 is 1.36 bits per heavy atom. The fraction of sp³-hybridized carbons (Fsp3) is 0.875. The van der Waals surface area contributed by atoms with Crippen LogP contribution in [-0.4, -0.2) is 33.9 Å². The lowest BCUT2D eigenvalue weighted by atomic mass is 10.1. The Balaban J connectivity index is 2.72. The molecule has 0 N–H and O–H groups in total. The monoisotopic (exact) mass is 222 g/mol. The number of esters is 1. The molecule has 1 rings (SSSR count). The first-order valence-electron chi connectivity index (χ1n) is 4.16. The normalized spacial score (nSPS) is 29.7. The van der Waals surface area contributed by atoms with Crippen molar-refractivity contribution in [1.82, 2.24) is 0 Å². The third-order valence-electron chi connectivity index (χ3n) is 2.46. The Hall–Kier alpha value is -0.620. The van der Waals surface area contributed by atoms with E-state index in [1.165, 1.54) is 7.11 Å². The van der Waals surface area contributed by atoms with E-state index in [-0.39, 0.29) is 0 Å². The number of hydrogen-bond donors (Lipinski definition) is 0. The molecule has 0 aromatic heterocycles. The minimum atomic E-state index is -3.51. The molecule has 0 aromatic carbocycles. The lowest BCUT2D eigenvalue weighted by Gasteiger charge is -2.00. The van der Waals surface area contributed by atoms with Crippen LogP contribution in [0.4, 0.5) is 0 Å². The molecule has 1 fully saturated rings. The largest absolute Gasteiger partial charge is 0.469 e. The number of carbonyl (C=O) groups excluding carboxylic acids is 1. The molecule has 0 saturated heterocycles. The predicted octanol–water partition coefficient (Wildman–Crippen LogP) is 0.160. The lowest BCUT2D eigenvalue weighted by molar-refractivity contribution is -0.143. The first-order chi connectivity index (χ1) is 6.20. The predicted molar refractivity (Wildman–Crippen MR) is 49.0 cm³/mol. The smallest absolute Gasteiger partial charge is 0.312 e. The number of rotatable bonds is 3. The van der Waals surface area contributed by atoms with Crippen LogP contribution in [0.5, 0.6) is 0 Å². The topological polar surface area (TPSA) is 69.7 Å². The van der Waals surface area contributed by atoms with Crippen molar-refractivity contribution in [2.45, 2.75) is 20.0 Å². The van der Waals surface area contributed by atoms with Gasteiger partial charge in [0.25, 0.3) is 10.1 Å². The van der Waals surface area contributed by atoms with Gasteiger partial charge >= 0.3 is 5.97 Å². The third kappa shape index (κ3) is 2.06. The average molecular weight is 222 g/mol. The van der Waals surface area contributed by atoms with Crippen LogP contribution >= 0.6 is 0 Å². The Morgan fingerprint density at radius 2 is 1.86 bits per heavy atom. The number of carbonyl (C=O) groups is 1. The molecule has 2 unspecified atom stereocenters. The van der Waals surface area contributed by atoms with E-state index in [0.717, 1.165) is 6.26 Å². The molecule has 0 heterocycles. The molecule has 14 heavy (non-hydrogen) atoms. The van der Waals surface area contributed by atoms with Gasteiger partial charge in [0.1, 0.15) is 0 Å². The van der Waals surface area contributed by atoms with Gasteiger partial charge in [0, 0.05) is 5.41 Å². The number of methoxy groups -OCH3 is 1. The number of ether oxygens (including phenoxy) is 1. The Labute approximate surface area is 83.5 Å². The van der Waals surface area contributed by atoms with Crippen molar-refractivity contribution in [3.8, 4) is 0 Å². The average Bonchev–Trinajstić information content (AvgIpc) is 2.49. The van der Waals surface area contributed by atoms with Gasteiger partial charge in [0.15, 0.2) is 0 Å². The van der Waals surface area contributed by atoms with Crippen molar-refractivity contribution < 1.29 is 22.1 Å². The molecule has 0 spiro atoms. The maximum absolute atomic E-state index is 11.2. The highest BCUT2D eigenvalue weighted by molar-refractivity contribution is 7.86. The highest BCUT2D eigenvalue weighted by Gasteiger charge is 2.65. The van der Waals surface area contributed by atoms with Gasteiger partial charge in [-0.1, -0.05) is 13.8 Å². The first kappa shape index (κ1) is 11.5. The molecule has 82 valence electrons. The first-order valence-corrected chi connectivity index (χ1v) is 5.98. The van der Waals surface area contributed by atoms with E-state index >= 15 is 0 Å². The summed E-state index contributed by atoms with van der Waals surface area (Å²) in [5.41, 5.74) is -0.462. The zero-order valence-corrected chi connectivity index (χ0v) is 9.42. The van der Waals surface area contributed by atoms with Crippen LogP contribution in [0.2, 0.25) is 0 Å². The van der Waals surface area contributed by atoms with Crippen LogP contribution in [0.25, 0.3) is 0 Å². The summed E-state index contributed by atoms with van der Waals surface area (Å²) < 4.78 is 31.0. The summed E-state index contributed by atoms with van der Waals surface area (Å²) in [6, 6.07) is 0. The molecule has 6 heteroatoms. The van der Waals surface area contributed by atoms with Crippen molar-refractivity contribution in [3.63, 3.8) is 0 Å². The molecule has 0 aliphatic heterocycles. The van der Waals surface area contributed by atoms with Gasteiger partial charge in [-0.2, -0.15) is 8.42 Å². The molecule has 0 bridgehead atoms. The van der Waals surface area contributed by atoms with Crippen LogP contribution in [0.1, 0.15) is 13.8 Å². The maximum Gasteiger partial charge on any atom is 0.312 e. The van der Waals surface area contributed by atoms with Gasteiger partial charge in [-0.3, -0.25) is 8.98 Å². The van der Waals surface area contributed by atoms with Crippen molar-refractivity contribution in [2.24, 2.45) is 11.3 Å². The SMILES string of the molecule is COC(=O)C1C(OS(C)(=O)=O)C1(C)C. The fourth-order valence-electron chi connectivity index (χ4n) is 1.51. The van der Waals surface area contributed by atoms with Gasteiger partial charge in [-0.25, -0.2) is 0 Å². The molecular weight excluding hydrogens is 208 g/mol. The van der Waals surface area contributed by atoms with Crippen molar-refractivity contribution in [1.29, 1.82) is 0 Å². The van der Waals surface area contributed by atoms with Crippen LogP contribution < -0.4 is 0 Å². The van der Waals surface area contributed by atoms with E-state index in [2.05, 4.69) is 4.74 Å². The maximum atomic E-state index is 11.2. The van der Waals surface area contributed by atoms with Crippen LogP contribution in [0.3, 0.4) is 0 Å². The highest BCUT2D eigenvalue weighted by atomic mass is 32.2. The highest BCUT2D eigenvalue weighted by Crippen LogP contribution is 2.55. The minimum Gasteiger partial charge on any atom is -0.469 e. The van der Waals surface area contributed by atoms with Crippen LogP contribution in [-0.2, 0) is 23.8 Å². The van der Waals surface area contributed by atoms with Crippen molar-refractivity contribution >= 4 is 16.1 Å². The van der Waals surface area contributed by atoms with E-state index in [1.807, 2.05) is 0 Å². The van der Waals surface area contributed by atoms with Crippen molar-refractivity contribution in [3.05, 3.63) is 0 Å². The second-order valence-electron chi connectivity index (χ2n) is 4.04. The lowest BCUT2D eigenvalue weighted by Crippen LogP contribution is -2.11. The second kappa shape index (κ2) is 3.20. The van der Waals surface area contributed by atoms with E-state index in [0.29, 0.717) is 0 Å². The molecule has 0 aromatic rings. The van der Waals surface area contributed by atoms with Crippen molar-refractivity contribution in [2.75, 3.05) is 13.4 Å². The zero-order valence-electron chi connectivity index (χ0n) is 8.60. The summed E-state index contributed by atoms with van der Waals surface area (Å²) in [5, 5.41) is 0. The van der Waals surface area contributed by atoms with Crippen LogP contribution in [0.15, 0.2) is 0 Å². The minimum absolute atomic E-state index is 0.427. The van der Waals surface area contributed by atoms with Gasteiger partial charge in [0.2, 0.25) is 0 Å². The Bertz CT molecular complexity index is 343. The third-order valence-corrected chi connectivity index (χ3v) is 3.02. The number of hydrogen-bond acceptors (Lipinski definition) is 5. The molecule has 5 nitrogen and oxygen atoms in total. The van der Waals surface area contributed by atoms with Gasteiger partial charge in [-0.05, 0) is 0 Å². The van der Waals surface area contributed by atoms with E-state index in [1.54, 1.807) is 13.8 Å². The van der Waals surface area contributed by atoms with Crippen LogP contribution in [0, 0.1) is 11.3 Å². The molecule has 0 amide bonds. The summed E-state index contributed by atoms with van der Waals surface area (Å²) in [7, 11) is -2.24. The van der Waals surface area contributed by atoms with E-state index < -0.39 is 33.5 Å². The Morgan fingerprint density at radius 3 is 2.21 bits per heavy atom. The van der Waals surface area contributed by atoms with E-state index in [4.69, 9.17) is 4.18 Å². The molecule has 1 aliphatic rings. The summed E-state index contributed by atoms with van der Waals surface area (Å²) in [6.45, 7) is 3.54. The summed E-state index contributed by atoms with van der Waals surface area (Å²) >= 11 is 0. The summed E-state index contributed by atoms with van der Waals surface area (Å²) in [6.07, 6.45) is 0.375. The molecule has 1 aliphatic carbocycles. The quantitative estimate of drug-likeness (QED) is 0.502. The summed E-state index contributed by atoms with van der Waals surface area (Å²) in [5.74, 6) is -0.911. The Kier molecular flexibility index (Phi) is 2.62. The molecule has 2 atom stereocenters.